The summed E-state index contributed by atoms with van der Waals surface area (Å²) in [5, 5.41) is 13.6. The van der Waals surface area contributed by atoms with Gasteiger partial charge in [-0.3, -0.25) is 14.9 Å². The highest BCUT2D eigenvalue weighted by Gasteiger charge is 2.26. The molecule has 0 saturated heterocycles. The first kappa shape index (κ1) is 10.2. The van der Waals surface area contributed by atoms with Crippen molar-refractivity contribution in [2.75, 3.05) is 11.9 Å². The molecule has 0 atom stereocenters. The van der Waals surface area contributed by atoms with Crippen molar-refractivity contribution in [1.29, 1.82) is 5.26 Å². The first-order valence-corrected chi connectivity index (χ1v) is 4.83. The maximum Gasteiger partial charge on any atom is 0.259 e. The van der Waals surface area contributed by atoms with Gasteiger partial charge in [0.05, 0.1) is 23.6 Å². The van der Waals surface area contributed by atoms with Gasteiger partial charge in [0.1, 0.15) is 0 Å². The number of amides is 2. The fourth-order valence-corrected chi connectivity index (χ4v) is 1.54. The van der Waals surface area contributed by atoms with Crippen LogP contribution in [0.25, 0.3) is 0 Å². The van der Waals surface area contributed by atoms with E-state index in [-0.39, 0.29) is 11.8 Å². The maximum atomic E-state index is 11.3. The Morgan fingerprint density at radius 3 is 2.75 bits per heavy atom. The molecule has 1 aliphatic heterocycles. The number of nitrogens with one attached hydrogen (secondary N) is 2. The van der Waals surface area contributed by atoms with E-state index in [4.69, 9.17) is 5.26 Å². The number of imide groups is 1. The molecular weight excluding hydrogens is 206 g/mol. The maximum absolute atomic E-state index is 11.3. The predicted octanol–water partition coefficient (Wildman–Crippen LogP) is 0.896. The molecule has 1 heterocycles. The summed E-state index contributed by atoms with van der Waals surface area (Å²) in [5.41, 5.74) is 1.52. The second-order valence-electron chi connectivity index (χ2n) is 3.38. The highest BCUT2D eigenvalue weighted by molar-refractivity contribution is 6.21. The van der Waals surface area contributed by atoms with Crippen molar-refractivity contribution in [3.8, 4) is 6.07 Å². The molecule has 1 aromatic rings. The number of carbonyl (C=O) groups is 2. The third kappa shape index (κ3) is 1.73. The molecule has 0 spiro atoms. The fraction of sp³-hybridized carbons (Fsp3) is 0.182. The highest BCUT2D eigenvalue weighted by Crippen LogP contribution is 2.20. The van der Waals surface area contributed by atoms with Crippen LogP contribution in [0.4, 0.5) is 5.69 Å². The smallest absolute Gasteiger partial charge is 0.259 e. The number of nitrogens with zero attached hydrogens (tertiary/aromatic N) is 1. The van der Waals surface area contributed by atoms with Crippen LogP contribution in [0, 0.1) is 11.3 Å². The van der Waals surface area contributed by atoms with Gasteiger partial charge in [0.25, 0.3) is 11.8 Å². The normalized spacial score (nSPS) is 12.9. The Bertz CT molecular complexity index is 502. The second kappa shape index (κ2) is 4.03. The number of hydrogen-bond donors (Lipinski definition) is 2. The summed E-state index contributed by atoms with van der Waals surface area (Å²) >= 11 is 0. The van der Waals surface area contributed by atoms with Crippen LogP contribution in [0.3, 0.4) is 0 Å². The minimum absolute atomic E-state index is 0.358. The van der Waals surface area contributed by atoms with E-state index >= 15 is 0 Å². The molecule has 0 aromatic heterocycles. The van der Waals surface area contributed by atoms with Gasteiger partial charge in [-0.05, 0) is 18.2 Å². The number of fused-ring (bicyclic) bond motifs is 1. The summed E-state index contributed by atoms with van der Waals surface area (Å²) < 4.78 is 0. The molecule has 0 unspecified atom stereocenters. The molecule has 1 aliphatic rings. The Labute approximate surface area is 92.1 Å². The molecular formula is C11H9N3O2. The van der Waals surface area contributed by atoms with Gasteiger partial charge < -0.3 is 5.32 Å². The van der Waals surface area contributed by atoms with Crippen LogP contribution in [-0.2, 0) is 0 Å². The first-order valence-electron chi connectivity index (χ1n) is 4.83. The first-order chi connectivity index (χ1) is 7.72. The Morgan fingerprint density at radius 2 is 2.00 bits per heavy atom. The average molecular weight is 215 g/mol. The number of nitriles is 1. The summed E-state index contributed by atoms with van der Waals surface area (Å²) in [6.07, 6.45) is 0.391. The van der Waals surface area contributed by atoms with Crippen LogP contribution < -0.4 is 10.6 Å². The number of benzene rings is 1. The lowest BCUT2D eigenvalue weighted by Gasteiger charge is -2.04. The van der Waals surface area contributed by atoms with Gasteiger partial charge in [0, 0.05) is 12.2 Å². The predicted molar refractivity (Wildman–Crippen MR) is 57.0 cm³/mol. The second-order valence-corrected chi connectivity index (χ2v) is 3.38. The average Bonchev–Trinajstić information content (AvgIpc) is 2.55. The Hall–Kier alpha value is -2.35. The SMILES string of the molecule is N#CCCNc1ccc2c(c1)C(=O)NC2=O. The molecule has 2 amide bonds. The number of carbonyl (C=O) groups excluding carboxylic acids is 2. The zero-order valence-corrected chi connectivity index (χ0v) is 8.41. The molecule has 5 nitrogen and oxygen atoms in total. The summed E-state index contributed by atoms with van der Waals surface area (Å²) in [4.78, 5) is 22.6. The van der Waals surface area contributed by atoms with E-state index in [2.05, 4.69) is 10.6 Å². The van der Waals surface area contributed by atoms with Crippen molar-refractivity contribution >= 4 is 17.5 Å². The molecule has 5 heteroatoms. The quantitative estimate of drug-likeness (QED) is 0.579. The highest BCUT2D eigenvalue weighted by atomic mass is 16.2. The molecule has 0 radical (unpaired) electrons. The van der Waals surface area contributed by atoms with Crippen molar-refractivity contribution in [3.63, 3.8) is 0 Å². The molecule has 0 saturated carbocycles. The van der Waals surface area contributed by atoms with E-state index in [0.717, 1.165) is 5.69 Å². The van der Waals surface area contributed by atoms with Crippen molar-refractivity contribution < 1.29 is 9.59 Å². The summed E-state index contributed by atoms with van der Waals surface area (Å²) in [5.74, 6) is -0.729. The monoisotopic (exact) mass is 215 g/mol. The zero-order chi connectivity index (χ0) is 11.5. The van der Waals surface area contributed by atoms with E-state index in [0.29, 0.717) is 24.1 Å². The number of anilines is 1. The van der Waals surface area contributed by atoms with Crippen LogP contribution in [0.15, 0.2) is 18.2 Å². The third-order valence-electron chi connectivity index (χ3n) is 2.30. The lowest BCUT2D eigenvalue weighted by atomic mass is 10.1. The largest absolute Gasteiger partial charge is 0.384 e. The lowest BCUT2D eigenvalue weighted by Crippen LogP contribution is -2.19. The van der Waals surface area contributed by atoms with E-state index in [1.165, 1.54) is 0 Å². The van der Waals surface area contributed by atoms with Crippen LogP contribution in [0.2, 0.25) is 0 Å². The fourth-order valence-electron chi connectivity index (χ4n) is 1.54. The third-order valence-corrected chi connectivity index (χ3v) is 2.30. The van der Waals surface area contributed by atoms with Crippen LogP contribution >= 0.6 is 0 Å². The van der Waals surface area contributed by atoms with Gasteiger partial charge in [0.15, 0.2) is 0 Å². The Balaban J connectivity index is 2.20. The van der Waals surface area contributed by atoms with Gasteiger partial charge >= 0.3 is 0 Å². The molecule has 2 rings (SSSR count). The molecule has 2 N–H and O–H groups in total. The minimum Gasteiger partial charge on any atom is -0.384 e. The molecule has 1 aromatic carbocycles. The van der Waals surface area contributed by atoms with Gasteiger partial charge in [-0.25, -0.2) is 0 Å². The Kier molecular flexibility index (Phi) is 2.56. The topological polar surface area (TPSA) is 82.0 Å². The minimum atomic E-state index is -0.371. The molecule has 0 bridgehead atoms. The summed E-state index contributed by atoms with van der Waals surface area (Å²) in [6.45, 7) is 0.519. The van der Waals surface area contributed by atoms with Crippen LogP contribution in [0.5, 0.6) is 0 Å². The number of rotatable bonds is 3. The zero-order valence-electron chi connectivity index (χ0n) is 8.41. The van der Waals surface area contributed by atoms with Crippen LogP contribution in [-0.4, -0.2) is 18.4 Å². The van der Waals surface area contributed by atoms with Crippen molar-refractivity contribution in [3.05, 3.63) is 29.3 Å². The van der Waals surface area contributed by atoms with Crippen molar-refractivity contribution in [2.24, 2.45) is 0 Å². The van der Waals surface area contributed by atoms with Gasteiger partial charge in [-0.2, -0.15) is 5.26 Å². The van der Waals surface area contributed by atoms with Gasteiger partial charge in [-0.15, -0.1) is 0 Å². The standard InChI is InChI=1S/C11H9N3O2/c12-4-1-5-13-7-2-3-8-9(6-7)11(16)14-10(8)15/h2-3,6,13H,1,5H2,(H,14,15,16). The molecule has 0 fully saturated rings. The Morgan fingerprint density at radius 1 is 1.25 bits per heavy atom. The van der Waals surface area contributed by atoms with Crippen LogP contribution in [0.1, 0.15) is 27.1 Å². The van der Waals surface area contributed by atoms with E-state index in [1.807, 2.05) is 6.07 Å². The summed E-state index contributed by atoms with van der Waals surface area (Å²) in [6, 6.07) is 6.95. The van der Waals surface area contributed by atoms with Crippen molar-refractivity contribution in [2.45, 2.75) is 6.42 Å². The molecule has 0 aliphatic carbocycles. The van der Waals surface area contributed by atoms with Crippen molar-refractivity contribution in [1.82, 2.24) is 5.32 Å². The van der Waals surface area contributed by atoms with Gasteiger partial charge in [0.2, 0.25) is 0 Å². The lowest BCUT2D eigenvalue weighted by molar-refractivity contribution is 0.0879. The molecule has 16 heavy (non-hydrogen) atoms. The van der Waals surface area contributed by atoms with E-state index < -0.39 is 0 Å². The van der Waals surface area contributed by atoms with E-state index in [1.54, 1.807) is 18.2 Å². The number of hydrogen-bond acceptors (Lipinski definition) is 4. The van der Waals surface area contributed by atoms with E-state index in [9.17, 15) is 9.59 Å². The van der Waals surface area contributed by atoms with Gasteiger partial charge in [-0.1, -0.05) is 0 Å². The molecule has 80 valence electrons. The summed E-state index contributed by atoms with van der Waals surface area (Å²) in [7, 11) is 0.